The van der Waals surface area contributed by atoms with E-state index in [1.807, 2.05) is 42.5 Å². The molecular formula is C28H40N6O2. The minimum absolute atomic E-state index is 0.0165. The molecule has 8 heteroatoms. The molecule has 1 aliphatic heterocycles. The number of carbonyl (C=O) groups is 2. The van der Waals surface area contributed by atoms with Crippen LogP contribution in [0, 0.1) is 5.92 Å². The third kappa shape index (κ3) is 7.20. The van der Waals surface area contributed by atoms with Crippen LogP contribution in [-0.2, 0) is 4.79 Å². The van der Waals surface area contributed by atoms with E-state index in [4.69, 9.17) is 11.5 Å². The average Bonchev–Trinajstić information content (AvgIpc) is 3.04. The summed E-state index contributed by atoms with van der Waals surface area (Å²) in [5.41, 5.74) is 11.6. The predicted octanol–water partition coefficient (Wildman–Crippen LogP) is 2.76. The molecule has 36 heavy (non-hydrogen) atoms. The van der Waals surface area contributed by atoms with Gasteiger partial charge in [-0.1, -0.05) is 49.6 Å². The van der Waals surface area contributed by atoms with Gasteiger partial charge in [0.15, 0.2) is 5.96 Å². The lowest BCUT2D eigenvalue weighted by atomic mass is 9.89. The van der Waals surface area contributed by atoms with E-state index in [0.29, 0.717) is 37.5 Å². The number of benzene rings is 2. The van der Waals surface area contributed by atoms with Gasteiger partial charge in [-0.2, -0.15) is 0 Å². The molecule has 1 heterocycles. The molecule has 0 aromatic heterocycles. The molecule has 2 amide bonds. The predicted molar refractivity (Wildman–Crippen MR) is 145 cm³/mol. The Morgan fingerprint density at radius 1 is 1.06 bits per heavy atom. The zero-order chi connectivity index (χ0) is 25.3. The Balaban J connectivity index is 1.38. The van der Waals surface area contributed by atoms with Crippen LogP contribution < -0.4 is 22.1 Å². The number of nitrogens with one attached hydrogen (secondary N) is 2. The van der Waals surface area contributed by atoms with E-state index in [0.717, 1.165) is 30.2 Å². The highest BCUT2D eigenvalue weighted by Crippen LogP contribution is 2.25. The summed E-state index contributed by atoms with van der Waals surface area (Å²) in [5, 5.41) is 8.78. The molecule has 2 aromatic carbocycles. The first-order valence-corrected chi connectivity index (χ1v) is 13.4. The van der Waals surface area contributed by atoms with Crippen LogP contribution in [0.25, 0.3) is 10.8 Å². The van der Waals surface area contributed by atoms with Crippen molar-refractivity contribution in [2.75, 3.05) is 26.2 Å². The van der Waals surface area contributed by atoms with E-state index in [2.05, 4.69) is 20.5 Å². The second kappa shape index (κ2) is 12.7. The molecule has 6 N–H and O–H groups in total. The maximum Gasteiger partial charge on any atom is 0.251 e. The van der Waals surface area contributed by atoms with Crippen LogP contribution in [0.4, 0.5) is 0 Å². The number of hydrogen-bond donors (Lipinski definition) is 4. The van der Waals surface area contributed by atoms with E-state index in [-0.39, 0.29) is 29.9 Å². The van der Waals surface area contributed by atoms with Crippen molar-refractivity contribution in [1.82, 2.24) is 15.5 Å². The van der Waals surface area contributed by atoms with E-state index in [1.54, 1.807) is 0 Å². The van der Waals surface area contributed by atoms with Crippen LogP contribution in [0.1, 0.15) is 61.7 Å². The normalized spacial score (nSPS) is 21.2. The summed E-state index contributed by atoms with van der Waals surface area (Å²) in [4.78, 5) is 32.5. The fourth-order valence-electron chi connectivity index (χ4n) is 5.46. The number of hydrogen-bond acceptors (Lipinski definition) is 4. The van der Waals surface area contributed by atoms with Gasteiger partial charge in [0, 0.05) is 37.8 Å². The van der Waals surface area contributed by atoms with Gasteiger partial charge in [0.2, 0.25) is 5.91 Å². The lowest BCUT2D eigenvalue weighted by Gasteiger charge is -2.30. The van der Waals surface area contributed by atoms with E-state index >= 15 is 0 Å². The average molecular weight is 493 g/mol. The molecule has 194 valence electrons. The molecule has 0 bridgehead atoms. The van der Waals surface area contributed by atoms with Gasteiger partial charge in [-0.05, 0) is 60.9 Å². The zero-order valence-electron chi connectivity index (χ0n) is 21.1. The van der Waals surface area contributed by atoms with Gasteiger partial charge in [0.25, 0.3) is 5.91 Å². The third-order valence-corrected chi connectivity index (χ3v) is 7.46. The summed E-state index contributed by atoms with van der Waals surface area (Å²) in [7, 11) is 0. The van der Waals surface area contributed by atoms with Gasteiger partial charge in [-0.3, -0.25) is 14.6 Å². The molecule has 2 aromatic rings. The van der Waals surface area contributed by atoms with Crippen molar-refractivity contribution in [3.8, 4) is 0 Å². The molecule has 1 saturated heterocycles. The molecule has 0 spiro atoms. The molecule has 2 fully saturated rings. The summed E-state index contributed by atoms with van der Waals surface area (Å²) >= 11 is 0. The molecule has 8 nitrogen and oxygen atoms in total. The SMILES string of the molecule is NC(N)=NCCCC1NC(CNC(=O)c2ccc3ccccc3c2)CCN(CC2CCCCC2)C1=O. The van der Waals surface area contributed by atoms with Crippen LogP contribution in [0.2, 0.25) is 0 Å². The van der Waals surface area contributed by atoms with Gasteiger partial charge in [-0.25, -0.2) is 0 Å². The Hall–Kier alpha value is -3.13. The number of rotatable bonds is 9. The minimum atomic E-state index is -0.298. The first-order chi connectivity index (χ1) is 17.5. The fraction of sp³-hybridized carbons (Fsp3) is 0.536. The van der Waals surface area contributed by atoms with Crippen molar-refractivity contribution in [2.24, 2.45) is 22.4 Å². The number of carbonyl (C=O) groups excluding carboxylic acids is 2. The number of fused-ring (bicyclic) bond motifs is 1. The lowest BCUT2D eigenvalue weighted by Crippen LogP contribution is -2.49. The Morgan fingerprint density at radius 3 is 2.61 bits per heavy atom. The molecule has 4 rings (SSSR count). The van der Waals surface area contributed by atoms with E-state index in [9.17, 15) is 9.59 Å². The van der Waals surface area contributed by atoms with Gasteiger partial charge in [0.1, 0.15) is 0 Å². The molecular weight excluding hydrogens is 452 g/mol. The number of nitrogens with zero attached hydrogens (tertiary/aromatic N) is 2. The van der Waals surface area contributed by atoms with Crippen molar-refractivity contribution >= 4 is 28.5 Å². The fourth-order valence-corrected chi connectivity index (χ4v) is 5.46. The number of aliphatic imine (C=N–C) groups is 1. The molecule has 0 radical (unpaired) electrons. The summed E-state index contributed by atoms with van der Waals surface area (Å²) in [5.74, 6) is 0.729. The van der Waals surface area contributed by atoms with Gasteiger partial charge < -0.3 is 27.0 Å². The monoisotopic (exact) mass is 492 g/mol. The minimum Gasteiger partial charge on any atom is -0.370 e. The molecule has 1 saturated carbocycles. The summed E-state index contributed by atoms with van der Waals surface area (Å²) in [6.07, 6.45) is 8.42. The maximum atomic E-state index is 13.5. The lowest BCUT2D eigenvalue weighted by molar-refractivity contribution is -0.133. The van der Waals surface area contributed by atoms with Crippen LogP contribution in [0.5, 0.6) is 0 Å². The van der Waals surface area contributed by atoms with Crippen LogP contribution >= 0.6 is 0 Å². The van der Waals surface area contributed by atoms with Crippen molar-refractivity contribution in [3.05, 3.63) is 48.0 Å². The quantitative estimate of drug-likeness (QED) is 0.243. The molecule has 1 aliphatic carbocycles. The van der Waals surface area contributed by atoms with Gasteiger partial charge >= 0.3 is 0 Å². The number of guanidine groups is 1. The van der Waals surface area contributed by atoms with Crippen LogP contribution in [0.15, 0.2) is 47.5 Å². The Labute approximate surface area is 213 Å². The Morgan fingerprint density at radius 2 is 1.83 bits per heavy atom. The van der Waals surface area contributed by atoms with Crippen LogP contribution in [-0.4, -0.2) is 60.9 Å². The highest BCUT2D eigenvalue weighted by molar-refractivity contribution is 5.98. The third-order valence-electron chi connectivity index (χ3n) is 7.46. The highest BCUT2D eigenvalue weighted by Gasteiger charge is 2.32. The summed E-state index contributed by atoms with van der Waals surface area (Å²) < 4.78 is 0. The molecule has 2 aliphatic rings. The van der Waals surface area contributed by atoms with Gasteiger partial charge in [0.05, 0.1) is 6.04 Å². The maximum absolute atomic E-state index is 13.5. The first-order valence-electron chi connectivity index (χ1n) is 13.4. The van der Waals surface area contributed by atoms with Crippen LogP contribution in [0.3, 0.4) is 0 Å². The summed E-state index contributed by atoms with van der Waals surface area (Å²) in [6, 6.07) is 13.5. The molecule has 2 unspecified atom stereocenters. The Bertz CT molecular complexity index is 1060. The molecule has 2 atom stereocenters. The number of amides is 2. The number of nitrogens with two attached hydrogens (primary N) is 2. The standard InChI is InChI=1S/C28H40N6O2/c29-28(30)31-15-6-11-25-27(36)34(19-20-7-2-1-3-8-20)16-14-24(33-25)18-32-26(35)23-13-12-21-9-4-5-10-22(21)17-23/h4-5,9-10,12-13,17,20,24-25,33H,1-3,6-8,11,14-16,18-19H2,(H,32,35)(H4,29,30,31). The van der Waals surface area contributed by atoms with Crippen molar-refractivity contribution in [1.29, 1.82) is 0 Å². The van der Waals surface area contributed by atoms with E-state index < -0.39 is 0 Å². The second-order valence-corrected chi connectivity index (χ2v) is 10.2. The van der Waals surface area contributed by atoms with Crippen molar-refractivity contribution < 1.29 is 9.59 Å². The highest BCUT2D eigenvalue weighted by atomic mass is 16.2. The first kappa shape index (κ1) is 25.9. The van der Waals surface area contributed by atoms with Crippen molar-refractivity contribution in [2.45, 2.75) is 63.5 Å². The van der Waals surface area contributed by atoms with Crippen molar-refractivity contribution in [3.63, 3.8) is 0 Å². The summed E-state index contributed by atoms with van der Waals surface area (Å²) in [6.45, 7) is 2.52. The largest absolute Gasteiger partial charge is 0.370 e. The second-order valence-electron chi connectivity index (χ2n) is 10.2. The Kier molecular flexibility index (Phi) is 9.17. The smallest absolute Gasteiger partial charge is 0.251 e. The van der Waals surface area contributed by atoms with Gasteiger partial charge in [-0.15, -0.1) is 0 Å². The van der Waals surface area contributed by atoms with E-state index in [1.165, 1.54) is 32.1 Å². The topological polar surface area (TPSA) is 126 Å². The zero-order valence-corrected chi connectivity index (χ0v) is 21.1.